The van der Waals surface area contributed by atoms with E-state index in [-0.39, 0.29) is 23.3 Å². The number of ketones is 1. The summed E-state index contributed by atoms with van der Waals surface area (Å²) < 4.78 is 7.35. The fraction of sp³-hybridized carbons (Fsp3) is 0.300. The van der Waals surface area contributed by atoms with Gasteiger partial charge in [-0.1, -0.05) is 54.9 Å². The number of nitrogens with zero attached hydrogens (tertiary/aromatic N) is 5. The minimum atomic E-state index is -0.501. The zero-order valence-corrected chi connectivity index (χ0v) is 21.3. The van der Waals surface area contributed by atoms with Gasteiger partial charge >= 0.3 is 0 Å². The molecule has 0 amide bonds. The average Bonchev–Trinajstić information content (AvgIpc) is 3.51. The summed E-state index contributed by atoms with van der Waals surface area (Å²) in [6.07, 6.45) is 3.60. The van der Waals surface area contributed by atoms with E-state index in [0.717, 1.165) is 41.0 Å². The predicted octanol–water partition coefficient (Wildman–Crippen LogP) is 6.05. The van der Waals surface area contributed by atoms with Crippen molar-refractivity contribution in [2.45, 2.75) is 46.0 Å². The van der Waals surface area contributed by atoms with E-state index in [9.17, 15) is 4.79 Å². The van der Waals surface area contributed by atoms with Crippen LogP contribution < -0.4 is 0 Å². The second-order valence-electron chi connectivity index (χ2n) is 10.4. The average molecular weight is 490 g/mol. The van der Waals surface area contributed by atoms with Crippen LogP contribution in [0, 0.1) is 32.3 Å². The molecule has 0 saturated carbocycles. The Morgan fingerprint density at radius 2 is 1.78 bits per heavy atom. The Labute approximate surface area is 215 Å². The molecule has 4 aromatic rings. The van der Waals surface area contributed by atoms with Gasteiger partial charge in [-0.3, -0.25) is 0 Å². The van der Waals surface area contributed by atoms with Crippen molar-refractivity contribution >= 4 is 5.78 Å². The van der Waals surface area contributed by atoms with E-state index < -0.39 is 5.41 Å². The number of rotatable bonds is 3. The first-order valence-corrected chi connectivity index (χ1v) is 12.5. The Balaban J connectivity index is 1.57. The SMILES string of the molecule is [C-]#[N+]C1=C[C@@]2(C)c3c(c(-c4ccc(C)cc4)nn3-c3ccc(-c4nc(C)no4)cc3)CC[C@@H]2[C@@H](C)C1=O. The molecule has 2 aromatic heterocycles. The Morgan fingerprint density at radius 3 is 2.43 bits per heavy atom. The van der Waals surface area contributed by atoms with Crippen LogP contribution in [0.2, 0.25) is 0 Å². The number of aromatic nitrogens is 4. The van der Waals surface area contributed by atoms with Crippen LogP contribution in [0.1, 0.15) is 42.9 Å². The van der Waals surface area contributed by atoms with Crippen molar-refractivity contribution in [1.82, 2.24) is 19.9 Å². The van der Waals surface area contributed by atoms with Gasteiger partial charge < -0.3 is 9.32 Å². The maximum Gasteiger partial charge on any atom is 0.257 e. The van der Waals surface area contributed by atoms with Gasteiger partial charge in [0.25, 0.3) is 5.89 Å². The van der Waals surface area contributed by atoms with E-state index in [1.807, 2.05) is 41.9 Å². The molecule has 3 atom stereocenters. The van der Waals surface area contributed by atoms with E-state index in [2.05, 4.69) is 53.1 Å². The number of allylic oxidation sites excluding steroid dienone is 2. The molecule has 0 radical (unpaired) electrons. The second-order valence-corrected chi connectivity index (χ2v) is 10.4. The normalized spacial score (nSPS) is 22.7. The molecular formula is C30H27N5O2. The Morgan fingerprint density at radius 1 is 1.08 bits per heavy atom. The molecule has 2 aliphatic rings. The monoisotopic (exact) mass is 489 g/mol. The minimum Gasteiger partial charge on any atom is -0.334 e. The van der Waals surface area contributed by atoms with Gasteiger partial charge in [-0.15, -0.1) is 0 Å². The third-order valence-corrected chi connectivity index (χ3v) is 8.01. The van der Waals surface area contributed by atoms with E-state index in [0.29, 0.717) is 11.7 Å². The number of carbonyl (C=O) groups excluding carboxylic acids is 1. The van der Waals surface area contributed by atoms with Crippen LogP contribution in [0.15, 0.2) is 64.8 Å². The first-order chi connectivity index (χ1) is 17.8. The van der Waals surface area contributed by atoms with E-state index in [4.69, 9.17) is 16.2 Å². The third kappa shape index (κ3) is 3.55. The highest BCUT2D eigenvalue weighted by molar-refractivity contribution is 6.00. The molecule has 6 rings (SSSR count). The molecule has 2 heterocycles. The van der Waals surface area contributed by atoms with Crippen molar-refractivity contribution in [3.05, 3.63) is 94.4 Å². The van der Waals surface area contributed by atoms with Crippen LogP contribution in [0.3, 0.4) is 0 Å². The van der Waals surface area contributed by atoms with Crippen molar-refractivity contribution in [1.29, 1.82) is 0 Å². The zero-order valence-electron chi connectivity index (χ0n) is 21.3. The minimum absolute atomic E-state index is 0.0510. The van der Waals surface area contributed by atoms with Gasteiger partial charge in [0.1, 0.15) is 0 Å². The van der Waals surface area contributed by atoms with Gasteiger partial charge in [0.2, 0.25) is 5.70 Å². The lowest BCUT2D eigenvalue weighted by molar-refractivity contribution is -0.121. The van der Waals surface area contributed by atoms with Crippen LogP contribution in [0.5, 0.6) is 0 Å². The van der Waals surface area contributed by atoms with Crippen LogP contribution in [0.25, 0.3) is 33.2 Å². The summed E-state index contributed by atoms with van der Waals surface area (Å²) in [5.41, 5.74) is 6.91. The Hall–Kier alpha value is -4.31. The lowest BCUT2D eigenvalue weighted by atomic mass is 9.58. The highest BCUT2D eigenvalue weighted by atomic mass is 16.5. The molecule has 7 nitrogen and oxygen atoms in total. The van der Waals surface area contributed by atoms with E-state index in [1.54, 1.807) is 6.92 Å². The van der Waals surface area contributed by atoms with Gasteiger partial charge in [-0.25, -0.2) is 9.53 Å². The smallest absolute Gasteiger partial charge is 0.257 e. The quantitative estimate of drug-likeness (QED) is 0.328. The predicted molar refractivity (Wildman–Crippen MR) is 140 cm³/mol. The number of Topliss-reactive ketones (excluding diaryl/α,β-unsaturated/α-hetero) is 1. The summed E-state index contributed by atoms with van der Waals surface area (Å²) in [6.45, 7) is 15.7. The number of carbonyl (C=O) groups is 1. The van der Waals surface area contributed by atoms with E-state index in [1.165, 1.54) is 11.1 Å². The molecule has 2 aliphatic carbocycles. The molecule has 0 N–H and O–H groups in total. The van der Waals surface area contributed by atoms with Crippen LogP contribution >= 0.6 is 0 Å². The van der Waals surface area contributed by atoms with Gasteiger partial charge in [0, 0.05) is 28.0 Å². The molecule has 0 fully saturated rings. The molecule has 2 aromatic carbocycles. The first kappa shape index (κ1) is 23.1. The number of benzene rings is 2. The Kier molecular flexibility index (Phi) is 5.23. The molecule has 0 unspecified atom stereocenters. The summed E-state index contributed by atoms with van der Waals surface area (Å²) in [5, 5.41) is 9.07. The van der Waals surface area contributed by atoms with Gasteiger partial charge in [-0.2, -0.15) is 10.1 Å². The van der Waals surface area contributed by atoms with Crippen LogP contribution in [-0.4, -0.2) is 25.7 Å². The van der Waals surface area contributed by atoms with Crippen LogP contribution in [-0.2, 0) is 16.6 Å². The molecule has 0 spiro atoms. The largest absolute Gasteiger partial charge is 0.334 e. The van der Waals surface area contributed by atoms with Crippen molar-refractivity contribution in [3.63, 3.8) is 0 Å². The highest BCUT2D eigenvalue weighted by Crippen LogP contribution is 2.52. The fourth-order valence-electron chi connectivity index (χ4n) is 6.11. The molecule has 0 aliphatic heterocycles. The summed E-state index contributed by atoms with van der Waals surface area (Å²) in [5.74, 6) is 0.889. The summed E-state index contributed by atoms with van der Waals surface area (Å²) >= 11 is 0. The zero-order chi connectivity index (χ0) is 25.9. The highest BCUT2D eigenvalue weighted by Gasteiger charge is 2.50. The molecule has 7 heteroatoms. The third-order valence-electron chi connectivity index (χ3n) is 8.01. The van der Waals surface area contributed by atoms with E-state index >= 15 is 0 Å². The van der Waals surface area contributed by atoms with Crippen molar-refractivity contribution in [2.75, 3.05) is 0 Å². The second kappa shape index (κ2) is 8.38. The van der Waals surface area contributed by atoms with Crippen molar-refractivity contribution < 1.29 is 9.32 Å². The lowest BCUT2D eigenvalue weighted by Gasteiger charge is -2.45. The van der Waals surface area contributed by atoms with Crippen molar-refractivity contribution in [2.24, 2.45) is 11.8 Å². The molecular weight excluding hydrogens is 462 g/mol. The van der Waals surface area contributed by atoms with Gasteiger partial charge in [-0.05, 0) is 56.9 Å². The number of hydrogen-bond donors (Lipinski definition) is 0. The summed E-state index contributed by atoms with van der Waals surface area (Å²) in [7, 11) is 0. The fourth-order valence-corrected chi connectivity index (χ4v) is 6.11. The summed E-state index contributed by atoms with van der Waals surface area (Å²) in [6, 6.07) is 16.4. The standard InChI is InChI=1S/C30H27N5O2/c1-17-6-8-20(9-7-17)26-23-14-15-24-18(2)27(36)25(31-5)16-30(24,4)28(23)35(33-26)22-12-10-21(11-13-22)29-32-19(3)34-37-29/h6-13,16,18,24H,14-15H2,1-4H3/t18-,24-,30-/m1/s1. The molecule has 37 heavy (non-hydrogen) atoms. The maximum atomic E-state index is 12.9. The summed E-state index contributed by atoms with van der Waals surface area (Å²) in [4.78, 5) is 20.9. The number of aryl methyl sites for hydroxylation is 2. The topological polar surface area (TPSA) is 78.2 Å². The lowest BCUT2D eigenvalue weighted by Crippen LogP contribution is -2.46. The van der Waals surface area contributed by atoms with Gasteiger partial charge in [0.05, 0.1) is 23.6 Å². The van der Waals surface area contributed by atoms with Crippen molar-refractivity contribution in [3.8, 4) is 28.4 Å². The number of hydrogen-bond acceptors (Lipinski definition) is 5. The van der Waals surface area contributed by atoms with Crippen LogP contribution in [0.4, 0.5) is 0 Å². The molecule has 0 saturated heterocycles. The molecule has 184 valence electrons. The first-order valence-electron chi connectivity index (χ1n) is 12.5. The molecule has 0 bridgehead atoms. The van der Waals surface area contributed by atoms with Gasteiger partial charge in [0.15, 0.2) is 11.6 Å². The number of fused-ring (bicyclic) bond motifs is 3. The maximum absolute atomic E-state index is 12.9. The Bertz CT molecular complexity index is 1600.